The van der Waals surface area contributed by atoms with E-state index in [0.717, 1.165) is 17.2 Å². The molecule has 3 aromatic rings. The number of hydrogen-bond donors (Lipinski definition) is 0. The Morgan fingerprint density at radius 1 is 0.935 bits per heavy atom. The lowest BCUT2D eigenvalue weighted by atomic mass is 10.3. The standard InChI is InChI=1S/C20H28N8O2S/c1-6-27-17(5)20(16(4)24-27)31(29,30)26-9-7-25(8-10-26)18-12-19(22-13-21-18)28-15(3)11-14(2)23-28/h11-13H,6-10H2,1-5H3. The first kappa shape index (κ1) is 21.4. The lowest BCUT2D eigenvalue weighted by Crippen LogP contribution is -2.49. The van der Waals surface area contributed by atoms with E-state index in [2.05, 4.69) is 25.1 Å². The minimum absolute atomic E-state index is 0.330. The monoisotopic (exact) mass is 444 g/mol. The van der Waals surface area contributed by atoms with Crippen LogP contribution < -0.4 is 4.90 Å². The molecule has 0 bridgehead atoms. The van der Waals surface area contributed by atoms with Gasteiger partial charge >= 0.3 is 0 Å². The molecule has 0 spiro atoms. The molecule has 0 unspecified atom stereocenters. The van der Waals surface area contributed by atoms with Gasteiger partial charge in [-0.15, -0.1) is 0 Å². The van der Waals surface area contributed by atoms with Gasteiger partial charge in [-0.05, 0) is 40.7 Å². The van der Waals surface area contributed by atoms with Crippen LogP contribution in [-0.2, 0) is 16.6 Å². The van der Waals surface area contributed by atoms with Crippen molar-refractivity contribution in [1.82, 2.24) is 33.8 Å². The molecule has 3 aromatic heterocycles. The average Bonchev–Trinajstić information content (AvgIpc) is 3.25. The van der Waals surface area contributed by atoms with Crippen molar-refractivity contribution < 1.29 is 8.42 Å². The maximum atomic E-state index is 13.3. The van der Waals surface area contributed by atoms with Gasteiger partial charge in [-0.25, -0.2) is 23.1 Å². The van der Waals surface area contributed by atoms with Crippen molar-refractivity contribution in [3.63, 3.8) is 0 Å². The quantitative estimate of drug-likeness (QED) is 0.589. The average molecular weight is 445 g/mol. The highest BCUT2D eigenvalue weighted by molar-refractivity contribution is 7.89. The zero-order chi connectivity index (χ0) is 22.3. The SMILES string of the molecule is CCn1nc(C)c(S(=O)(=O)N2CCN(c3cc(-n4nc(C)cc4C)ncn3)CC2)c1C. The highest BCUT2D eigenvalue weighted by atomic mass is 32.2. The van der Waals surface area contributed by atoms with Gasteiger partial charge in [0.15, 0.2) is 5.82 Å². The van der Waals surface area contributed by atoms with E-state index in [-0.39, 0.29) is 0 Å². The second-order valence-corrected chi connectivity index (χ2v) is 9.65. The van der Waals surface area contributed by atoms with Crippen LogP contribution in [0.15, 0.2) is 23.4 Å². The van der Waals surface area contributed by atoms with Gasteiger partial charge in [0.2, 0.25) is 10.0 Å². The summed E-state index contributed by atoms with van der Waals surface area (Å²) in [4.78, 5) is 11.2. The number of aryl methyl sites for hydroxylation is 4. The highest BCUT2D eigenvalue weighted by Gasteiger charge is 2.33. The normalized spacial score (nSPS) is 15.6. The first-order valence-corrected chi connectivity index (χ1v) is 11.8. The van der Waals surface area contributed by atoms with Crippen molar-refractivity contribution >= 4 is 15.8 Å². The van der Waals surface area contributed by atoms with Crippen molar-refractivity contribution in [1.29, 1.82) is 0 Å². The predicted molar refractivity (Wildman–Crippen MR) is 117 cm³/mol. The van der Waals surface area contributed by atoms with Gasteiger partial charge in [0.25, 0.3) is 0 Å². The van der Waals surface area contributed by atoms with E-state index < -0.39 is 10.0 Å². The number of piperazine rings is 1. The summed E-state index contributed by atoms with van der Waals surface area (Å²) >= 11 is 0. The van der Waals surface area contributed by atoms with E-state index in [1.54, 1.807) is 20.6 Å². The zero-order valence-corrected chi connectivity index (χ0v) is 19.4. The number of aromatic nitrogens is 6. The minimum atomic E-state index is -3.60. The molecule has 0 N–H and O–H groups in total. The van der Waals surface area contributed by atoms with Crippen LogP contribution in [0.25, 0.3) is 5.82 Å². The smallest absolute Gasteiger partial charge is 0.246 e. The molecule has 1 fully saturated rings. The molecule has 11 heteroatoms. The summed E-state index contributed by atoms with van der Waals surface area (Å²) < 4.78 is 31.7. The number of anilines is 1. The largest absolute Gasteiger partial charge is 0.354 e. The maximum Gasteiger partial charge on any atom is 0.246 e. The lowest BCUT2D eigenvalue weighted by Gasteiger charge is -2.34. The van der Waals surface area contributed by atoms with E-state index >= 15 is 0 Å². The molecule has 4 heterocycles. The first-order valence-electron chi connectivity index (χ1n) is 10.4. The van der Waals surface area contributed by atoms with Gasteiger partial charge in [-0.1, -0.05) is 0 Å². The Balaban J connectivity index is 1.52. The van der Waals surface area contributed by atoms with Crippen molar-refractivity contribution in [3.05, 3.63) is 41.2 Å². The van der Waals surface area contributed by atoms with Crippen LogP contribution in [0.2, 0.25) is 0 Å². The predicted octanol–water partition coefficient (Wildman–Crippen LogP) is 1.62. The molecule has 1 saturated heterocycles. The van der Waals surface area contributed by atoms with E-state index in [0.29, 0.717) is 54.8 Å². The Hall–Kier alpha value is -2.79. The van der Waals surface area contributed by atoms with E-state index in [1.807, 2.05) is 39.8 Å². The van der Waals surface area contributed by atoms with Gasteiger partial charge in [0, 0.05) is 44.5 Å². The zero-order valence-electron chi connectivity index (χ0n) is 18.6. The number of nitrogens with zero attached hydrogens (tertiary/aromatic N) is 8. The van der Waals surface area contributed by atoms with Crippen LogP contribution in [0.4, 0.5) is 5.82 Å². The second-order valence-electron chi connectivity index (χ2n) is 7.78. The van der Waals surface area contributed by atoms with Gasteiger partial charge in [-0.3, -0.25) is 4.68 Å². The molecular formula is C20H28N8O2S. The minimum Gasteiger partial charge on any atom is -0.354 e. The molecule has 0 saturated carbocycles. The van der Waals surface area contributed by atoms with Crippen LogP contribution in [0, 0.1) is 27.7 Å². The summed E-state index contributed by atoms with van der Waals surface area (Å²) in [6.07, 6.45) is 1.52. The van der Waals surface area contributed by atoms with Gasteiger partial charge in [0.1, 0.15) is 17.0 Å². The van der Waals surface area contributed by atoms with Crippen LogP contribution in [0.1, 0.15) is 29.7 Å². The second kappa shape index (κ2) is 8.04. The van der Waals surface area contributed by atoms with Gasteiger partial charge < -0.3 is 4.90 Å². The molecule has 0 aliphatic carbocycles. The molecule has 1 aliphatic rings. The molecule has 0 aromatic carbocycles. The number of rotatable bonds is 5. The van der Waals surface area contributed by atoms with Crippen LogP contribution in [-0.4, -0.2) is 68.4 Å². The fourth-order valence-corrected chi connectivity index (χ4v) is 5.93. The summed E-state index contributed by atoms with van der Waals surface area (Å²) in [5.74, 6) is 1.46. The van der Waals surface area contributed by atoms with E-state index in [1.165, 1.54) is 6.33 Å². The Morgan fingerprint density at radius 3 is 2.19 bits per heavy atom. The number of hydrogen-bond acceptors (Lipinski definition) is 7. The lowest BCUT2D eigenvalue weighted by molar-refractivity contribution is 0.383. The number of sulfonamides is 1. The summed E-state index contributed by atoms with van der Waals surface area (Å²) in [5.41, 5.74) is 3.16. The van der Waals surface area contributed by atoms with Crippen LogP contribution >= 0.6 is 0 Å². The van der Waals surface area contributed by atoms with Gasteiger partial charge in [-0.2, -0.15) is 14.5 Å². The summed E-state index contributed by atoms with van der Waals surface area (Å²) in [5, 5.41) is 8.86. The Kier molecular flexibility index (Phi) is 5.56. The van der Waals surface area contributed by atoms with Crippen molar-refractivity contribution in [2.45, 2.75) is 46.1 Å². The molecule has 166 valence electrons. The Labute approximate surface area is 182 Å². The fraction of sp³-hybridized carbons (Fsp3) is 0.500. The summed E-state index contributed by atoms with van der Waals surface area (Å²) in [6, 6.07) is 3.89. The molecule has 0 amide bonds. The molecule has 31 heavy (non-hydrogen) atoms. The Bertz CT molecular complexity index is 1210. The molecule has 1 aliphatic heterocycles. The van der Waals surface area contributed by atoms with Crippen molar-refractivity contribution in [3.8, 4) is 5.82 Å². The highest BCUT2D eigenvalue weighted by Crippen LogP contribution is 2.25. The van der Waals surface area contributed by atoms with E-state index in [4.69, 9.17) is 0 Å². The van der Waals surface area contributed by atoms with Crippen molar-refractivity contribution in [2.24, 2.45) is 0 Å². The van der Waals surface area contributed by atoms with Crippen LogP contribution in [0.5, 0.6) is 0 Å². The Morgan fingerprint density at radius 2 is 1.61 bits per heavy atom. The third-order valence-electron chi connectivity index (χ3n) is 5.64. The van der Waals surface area contributed by atoms with Gasteiger partial charge in [0.05, 0.1) is 17.1 Å². The summed E-state index contributed by atoms with van der Waals surface area (Å²) in [7, 11) is -3.60. The molecule has 4 rings (SSSR count). The fourth-order valence-electron chi connectivity index (χ4n) is 4.14. The third-order valence-corrected chi connectivity index (χ3v) is 7.79. The van der Waals surface area contributed by atoms with Crippen LogP contribution in [0.3, 0.4) is 0 Å². The topological polar surface area (TPSA) is 102 Å². The molecular weight excluding hydrogens is 416 g/mol. The molecule has 0 atom stereocenters. The van der Waals surface area contributed by atoms with E-state index in [9.17, 15) is 8.42 Å². The molecule has 0 radical (unpaired) electrons. The first-order chi connectivity index (χ1) is 14.7. The third kappa shape index (κ3) is 3.83. The molecule has 10 nitrogen and oxygen atoms in total. The maximum absolute atomic E-state index is 13.3. The summed E-state index contributed by atoms with van der Waals surface area (Å²) in [6.45, 7) is 12.0. The van der Waals surface area contributed by atoms with Crippen molar-refractivity contribution in [2.75, 3.05) is 31.1 Å².